The number of rotatable bonds is 7. The van der Waals surface area contributed by atoms with Crippen LogP contribution in [0.15, 0.2) is 231 Å². The largest absolute Gasteiger partial charge is 0.309 e. The molecule has 3 heterocycles. The van der Waals surface area contributed by atoms with Gasteiger partial charge in [-0.05, 0) is 76.9 Å². The second kappa shape index (κ2) is 14.7. The molecule has 0 bridgehead atoms. The van der Waals surface area contributed by atoms with Crippen molar-refractivity contribution in [2.45, 2.75) is 0 Å². The lowest BCUT2D eigenvalue weighted by Crippen LogP contribution is -1.96. The third kappa shape index (κ3) is 6.00. The van der Waals surface area contributed by atoms with Crippen LogP contribution >= 0.6 is 0 Å². The highest BCUT2D eigenvalue weighted by molar-refractivity contribution is 6.16. The van der Waals surface area contributed by atoms with Crippen molar-refractivity contribution in [1.82, 2.24) is 19.1 Å². The van der Waals surface area contributed by atoms with Crippen molar-refractivity contribution in [3.8, 4) is 67.5 Å². The summed E-state index contributed by atoms with van der Waals surface area (Å²) < 4.78 is 4.78. The summed E-state index contributed by atoms with van der Waals surface area (Å²) in [5.74, 6) is 0.702. The topological polar surface area (TPSA) is 35.6 Å². The molecule has 0 N–H and O–H groups in total. The fourth-order valence-electron chi connectivity index (χ4n) is 9.24. The highest BCUT2D eigenvalue weighted by Gasteiger charge is 2.18. The van der Waals surface area contributed by atoms with Crippen molar-refractivity contribution in [3.05, 3.63) is 231 Å². The van der Waals surface area contributed by atoms with E-state index in [0.29, 0.717) is 5.82 Å². The first-order valence-corrected chi connectivity index (χ1v) is 21.1. The van der Waals surface area contributed by atoms with Gasteiger partial charge in [-0.1, -0.05) is 176 Å². The molecule has 4 heteroatoms. The van der Waals surface area contributed by atoms with Gasteiger partial charge in [-0.15, -0.1) is 0 Å². The molecule has 0 amide bonds. The van der Waals surface area contributed by atoms with Crippen molar-refractivity contribution in [1.29, 1.82) is 0 Å². The van der Waals surface area contributed by atoms with Crippen molar-refractivity contribution < 1.29 is 0 Å². The van der Waals surface area contributed by atoms with Gasteiger partial charge in [-0.2, -0.15) is 0 Å². The monoisotopic (exact) mass is 790 g/mol. The second-order valence-corrected chi connectivity index (χ2v) is 15.8. The van der Waals surface area contributed by atoms with Crippen LogP contribution in [0.4, 0.5) is 0 Å². The quantitative estimate of drug-likeness (QED) is 0.161. The van der Waals surface area contributed by atoms with Crippen molar-refractivity contribution in [2.24, 2.45) is 0 Å². The van der Waals surface area contributed by atoms with E-state index >= 15 is 0 Å². The van der Waals surface area contributed by atoms with Gasteiger partial charge in [0.25, 0.3) is 0 Å². The van der Waals surface area contributed by atoms with Gasteiger partial charge in [0.2, 0.25) is 0 Å². The van der Waals surface area contributed by atoms with Gasteiger partial charge in [0.15, 0.2) is 5.82 Å². The summed E-state index contributed by atoms with van der Waals surface area (Å²) in [6, 6.07) is 82.1. The summed E-state index contributed by atoms with van der Waals surface area (Å²) in [5.41, 5.74) is 16.6. The Hall–Kier alpha value is -8.34. The SMILES string of the molecule is c1ccc(-c2cc(-c3ccccc3)nc(-c3ccc(-c4cccc5c4c4ccccc4n5-c4ccc(-c5ccc6c7ccccc7n(-c7ccccc7)c6c5)cc4)cc3)n2)cc1. The molecule has 0 fully saturated rings. The van der Waals surface area contributed by atoms with Crippen LogP contribution < -0.4 is 0 Å². The molecule has 0 aliphatic heterocycles. The van der Waals surface area contributed by atoms with Crippen LogP contribution in [0.1, 0.15) is 0 Å². The molecule has 0 aliphatic carbocycles. The minimum atomic E-state index is 0.702. The highest BCUT2D eigenvalue weighted by atomic mass is 15.0. The van der Waals surface area contributed by atoms with E-state index in [1.54, 1.807) is 0 Å². The zero-order valence-electron chi connectivity index (χ0n) is 33.7. The lowest BCUT2D eigenvalue weighted by Gasteiger charge is -2.12. The number of hydrogen-bond donors (Lipinski definition) is 0. The average molecular weight is 791 g/mol. The molecule has 0 unspecified atom stereocenters. The zero-order chi connectivity index (χ0) is 41.0. The third-order valence-corrected chi connectivity index (χ3v) is 12.2. The lowest BCUT2D eigenvalue weighted by atomic mass is 9.98. The van der Waals surface area contributed by atoms with E-state index in [1.807, 2.05) is 12.1 Å². The Labute approximate surface area is 359 Å². The average Bonchev–Trinajstić information content (AvgIpc) is 3.87. The fourth-order valence-corrected chi connectivity index (χ4v) is 9.24. The molecule has 0 saturated heterocycles. The standard InChI is InChI=1S/C58H38N4/c1-4-15-41(16-5-1)51-38-52(42-17-6-2-7-18-42)60-58(59-51)43-29-27-40(28-30-43)47-23-14-26-55-57(47)50-22-11-13-25-54(50)61(55)46-34-31-39(32-35-46)44-33-36-49-48-21-10-12-24-53(48)62(56(49)37-44)45-19-8-3-9-20-45/h1-38H. The van der Waals surface area contributed by atoms with E-state index in [0.717, 1.165) is 45.0 Å². The van der Waals surface area contributed by atoms with E-state index in [4.69, 9.17) is 9.97 Å². The van der Waals surface area contributed by atoms with Gasteiger partial charge in [-0.25, -0.2) is 9.97 Å². The maximum Gasteiger partial charge on any atom is 0.160 e. The molecular weight excluding hydrogens is 753 g/mol. The molecule has 0 aliphatic rings. The molecular formula is C58H38N4. The van der Waals surface area contributed by atoms with Crippen LogP contribution in [-0.4, -0.2) is 19.1 Å². The maximum absolute atomic E-state index is 5.08. The van der Waals surface area contributed by atoms with E-state index in [-0.39, 0.29) is 0 Å². The molecule has 12 rings (SSSR count). The van der Waals surface area contributed by atoms with Crippen LogP contribution in [0, 0.1) is 0 Å². The fraction of sp³-hybridized carbons (Fsp3) is 0. The molecule has 12 aromatic rings. The molecule has 0 atom stereocenters. The minimum Gasteiger partial charge on any atom is -0.309 e. The first-order valence-electron chi connectivity index (χ1n) is 21.1. The number of aromatic nitrogens is 4. The highest BCUT2D eigenvalue weighted by Crippen LogP contribution is 2.40. The van der Waals surface area contributed by atoms with Crippen molar-refractivity contribution in [3.63, 3.8) is 0 Å². The first kappa shape index (κ1) is 35.6. The molecule has 0 spiro atoms. The van der Waals surface area contributed by atoms with Gasteiger partial charge < -0.3 is 9.13 Å². The Kier molecular flexibility index (Phi) is 8.46. The summed E-state index contributed by atoms with van der Waals surface area (Å²) in [6.07, 6.45) is 0. The van der Waals surface area contributed by atoms with Crippen LogP contribution in [0.3, 0.4) is 0 Å². The zero-order valence-corrected chi connectivity index (χ0v) is 33.7. The molecule has 62 heavy (non-hydrogen) atoms. The van der Waals surface area contributed by atoms with E-state index < -0.39 is 0 Å². The summed E-state index contributed by atoms with van der Waals surface area (Å²) in [6.45, 7) is 0. The van der Waals surface area contributed by atoms with E-state index in [1.165, 1.54) is 60.3 Å². The Bertz CT molecular complexity index is 3530. The Morgan fingerprint density at radius 1 is 0.274 bits per heavy atom. The number of fused-ring (bicyclic) bond motifs is 6. The Balaban J connectivity index is 0.926. The smallest absolute Gasteiger partial charge is 0.160 e. The number of hydrogen-bond acceptors (Lipinski definition) is 2. The summed E-state index contributed by atoms with van der Waals surface area (Å²) in [5, 5.41) is 4.96. The normalized spacial score (nSPS) is 11.5. The Morgan fingerprint density at radius 2 is 0.758 bits per heavy atom. The van der Waals surface area contributed by atoms with Crippen molar-refractivity contribution >= 4 is 43.6 Å². The number of benzene rings is 9. The summed E-state index contributed by atoms with van der Waals surface area (Å²) in [7, 11) is 0. The van der Waals surface area contributed by atoms with Gasteiger partial charge in [0, 0.05) is 49.6 Å². The van der Waals surface area contributed by atoms with E-state index in [9.17, 15) is 0 Å². The first-order chi connectivity index (χ1) is 30.7. The van der Waals surface area contributed by atoms with Gasteiger partial charge in [0.05, 0.1) is 33.5 Å². The van der Waals surface area contributed by atoms with E-state index in [2.05, 4.69) is 228 Å². The molecule has 0 saturated carbocycles. The predicted molar refractivity (Wildman–Crippen MR) is 258 cm³/mol. The summed E-state index contributed by atoms with van der Waals surface area (Å²) >= 11 is 0. The molecule has 4 nitrogen and oxygen atoms in total. The second-order valence-electron chi connectivity index (χ2n) is 15.8. The van der Waals surface area contributed by atoms with Crippen LogP contribution in [0.5, 0.6) is 0 Å². The number of nitrogens with zero attached hydrogens (tertiary/aromatic N) is 4. The van der Waals surface area contributed by atoms with Gasteiger partial charge in [0.1, 0.15) is 0 Å². The lowest BCUT2D eigenvalue weighted by molar-refractivity contribution is 1.18. The molecule has 3 aromatic heterocycles. The molecule has 0 radical (unpaired) electrons. The van der Waals surface area contributed by atoms with Gasteiger partial charge >= 0.3 is 0 Å². The van der Waals surface area contributed by atoms with Crippen LogP contribution in [0.25, 0.3) is 111 Å². The minimum absolute atomic E-state index is 0.702. The van der Waals surface area contributed by atoms with Crippen LogP contribution in [-0.2, 0) is 0 Å². The van der Waals surface area contributed by atoms with Crippen molar-refractivity contribution in [2.75, 3.05) is 0 Å². The van der Waals surface area contributed by atoms with Crippen LogP contribution in [0.2, 0.25) is 0 Å². The van der Waals surface area contributed by atoms with Gasteiger partial charge in [-0.3, -0.25) is 0 Å². The number of para-hydroxylation sites is 3. The maximum atomic E-state index is 5.08. The third-order valence-electron chi connectivity index (χ3n) is 12.2. The molecule has 9 aromatic carbocycles. The summed E-state index contributed by atoms with van der Waals surface area (Å²) in [4.78, 5) is 10.2. The predicted octanol–water partition coefficient (Wildman–Crippen LogP) is 15.0. The molecule has 290 valence electrons. The Morgan fingerprint density at radius 3 is 1.44 bits per heavy atom.